The van der Waals surface area contributed by atoms with Crippen molar-refractivity contribution < 1.29 is 20.1 Å². The van der Waals surface area contributed by atoms with Crippen molar-refractivity contribution in [3.63, 3.8) is 0 Å². The molecule has 3 N–H and O–H groups in total. The summed E-state index contributed by atoms with van der Waals surface area (Å²) in [5, 5.41) is 29.5. The number of hydrogen-bond donors (Lipinski definition) is 3. The molecule has 6 nitrogen and oxygen atoms in total. The smallest absolute Gasteiger partial charge is 0.138 e. The van der Waals surface area contributed by atoms with Crippen LogP contribution in [0.4, 0.5) is 0 Å². The summed E-state index contributed by atoms with van der Waals surface area (Å²) in [7, 11) is 0. The van der Waals surface area contributed by atoms with Crippen molar-refractivity contribution in [2.75, 3.05) is 13.2 Å². The van der Waals surface area contributed by atoms with Crippen LogP contribution < -0.4 is 4.74 Å². The van der Waals surface area contributed by atoms with E-state index in [9.17, 15) is 15.3 Å². The summed E-state index contributed by atoms with van der Waals surface area (Å²) < 4.78 is 7.38. The Labute approximate surface area is 188 Å². The SMILES string of the molecule is C[C@H](O)c1nccn1[C@@H](C#Cc1ccc(-c2ccc(OC[C@@H](O)C3CC3)cc2)cc1)CO. The van der Waals surface area contributed by atoms with Gasteiger partial charge in [-0.1, -0.05) is 36.1 Å². The lowest BCUT2D eigenvalue weighted by atomic mass is 10.0. The fourth-order valence-electron chi connectivity index (χ4n) is 3.57. The lowest BCUT2D eigenvalue weighted by Crippen LogP contribution is -2.19. The van der Waals surface area contributed by atoms with Gasteiger partial charge < -0.3 is 24.6 Å². The number of nitrogens with zero attached hydrogens (tertiary/aromatic N) is 2. The third-order valence-electron chi connectivity index (χ3n) is 5.62. The lowest BCUT2D eigenvalue weighted by Gasteiger charge is -2.14. The van der Waals surface area contributed by atoms with E-state index in [0.717, 1.165) is 35.3 Å². The summed E-state index contributed by atoms with van der Waals surface area (Å²) in [6, 6.07) is 15.2. The van der Waals surface area contributed by atoms with Crippen molar-refractivity contribution in [1.29, 1.82) is 0 Å². The first-order chi connectivity index (χ1) is 15.5. The van der Waals surface area contributed by atoms with Gasteiger partial charge in [0.1, 0.15) is 30.3 Å². The molecule has 1 heterocycles. The quantitative estimate of drug-likeness (QED) is 0.475. The van der Waals surface area contributed by atoms with Crippen molar-refractivity contribution in [1.82, 2.24) is 9.55 Å². The third-order valence-corrected chi connectivity index (χ3v) is 5.62. The Morgan fingerprint density at radius 1 is 1.06 bits per heavy atom. The second kappa shape index (κ2) is 10.0. The number of imidazole rings is 1. The molecule has 2 aromatic carbocycles. The van der Waals surface area contributed by atoms with E-state index in [1.165, 1.54) is 0 Å². The molecule has 0 aliphatic heterocycles. The van der Waals surface area contributed by atoms with Crippen molar-refractivity contribution in [3.05, 3.63) is 72.3 Å². The average molecular weight is 433 g/mol. The summed E-state index contributed by atoms with van der Waals surface area (Å²) in [4.78, 5) is 4.13. The molecular weight excluding hydrogens is 404 g/mol. The molecule has 1 saturated carbocycles. The van der Waals surface area contributed by atoms with Crippen LogP contribution in [-0.4, -0.2) is 44.2 Å². The maximum Gasteiger partial charge on any atom is 0.138 e. The summed E-state index contributed by atoms with van der Waals surface area (Å²) in [6.07, 6.45) is 4.38. The molecule has 0 amide bonds. The molecule has 166 valence electrons. The largest absolute Gasteiger partial charge is 0.491 e. The van der Waals surface area contributed by atoms with Crippen molar-refractivity contribution in [3.8, 4) is 28.7 Å². The lowest BCUT2D eigenvalue weighted by molar-refractivity contribution is 0.0894. The molecule has 0 unspecified atom stereocenters. The van der Waals surface area contributed by atoms with E-state index in [-0.39, 0.29) is 12.7 Å². The normalized spacial score (nSPS) is 16.0. The van der Waals surface area contributed by atoms with Gasteiger partial charge in [-0.2, -0.15) is 0 Å². The van der Waals surface area contributed by atoms with Gasteiger partial charge in [0.15, 0.2) is 0 Å². The predicted molar refractivity (Wildman–Crippen MR) is 122 cm³/mol. The number of aromatic nitrogens is 2. The van der Waals surface area contributed by atoms with Crippen LogP contribution in [0.2, 0.25) is 0 Å². The summed E-state index contributed by atoms with van der Waals surface area (Å²) in [5.74, 6) is 7.79. The Hall–Kier alpha value is -3.11. The first kappa shape index (κ1) is 22.1. The Bertz CT molecular complexity index is 1070. The van der Waals surface area contributed by atoms with E-state index in [1.54, 1.807) is 23.9 Å². The highest BCUT2D eigenvalue weighted by molar-refractivity contribution is 5.65. The van der Waals surface area contributed by atoms with Crippen LogP contribution >= 0.6 is 0 Å². The van der Waals surface area contributed by atoms with E-state index < -0.39 is 12.1 Å². The number of benzene rings is 2. The molecule has 1 fully saturated rings. The van der Waals surface area contributed by atoms with Gasteiger partial charge in [-0.05, 0) is 61.1 Å². The van der Waals surface area contributed by atoms with Crippen LogP contribution in [-0.2, 0) is 0 Å². The van der Waals surface area contributed by atoms with Crippen LogP contribution in [0, 0.1) is 17.8 Å². The van der Waals surface area contributed by atoms with Crippen LogP contribution in [0.1, 0.15) is 43.3 Å². The summed E-state index contributed by atoms with van der Waals surface area (Å²) in [6.45, 7) is 1.80. The molecule has 1 aliphatic rings. The standard InChI is InChI=1S/C26H28N2O4/c1-18(30)26-27-14-15-28(26)23(16-29)11-4-19-2-5-20(6-3-19)21-9-12-24(13-10-21)32-17-25(31)22-7-8-22/h2-3,5-6,9-10,12-15,18,22-23,25,29-31H,7-8,16-17H2,1H3/t18-,23-,25+/m0/s1. The number of rotatable bonds is 8. The van der Waals surface area contributed by atoms with Gasteiger partial charge in [0.25, 0.3) is 0 Å². The van der Waals surface area contributed by atoms with Crippen LogP contribution in [0.3, 0.4) is 0 Å². The third kappa shape index (κ3) is 5.38. The highest BCUT2D eigenvalue weighted by atomic mass is 16.5. The molecule has 3 atom stereocenters. The van der Waals surface area contributed by atoms with Gasteiger partial charge in [0.2, 0.25) is 0 Å². The zero-order valence-corrected chi connectivity index (χ0v) is 18.1. The molecule has 1 aromatic heterocycles. The van der Waals surface area contributed by atoms with E-state index in [4.69, 9.17) is 4.74 Å². The Kier molecular flexibility index (Phi) is 6.91. The van der Waals surface area contributed by atoms with Gasteiger partial charge in [0, 0.05) is 18.0 Å². The maximum atomic E-state index is 9.93. The number of aliphatic hydroxyl groups is 3. The van der Waals surface area contributed by atoms with Gasteiger partial charge >= 0.3 is 0 Å². The molecule has 3 aromatic rings. The Balaban J connectivity index is 1.40. The average Bonchev–Trinajstić information content (AvgIpc) is 3.55. The number of ether oxygens (including phenoxy) is 1. The zero-order chi connectivity index (χ0) is 22.5. The molecule has 32 heavy (non-hydrogen) atoms. The first-order valence-electron chi connectivity index (χ1n) is 10.9. The summed E-state index contributed by atoms with van der Waals surface area (Å²) >= 11 is 0. The molecule has 0 saturated heterocycles. The predicted octanol–water partition coefficient (Wildman–Crippen LogP) is 3.34. The Morgan fingerprint density at radius 2 is 1.72 bits per heavy atom. The van der Waals surface area contributed by atoms with E-state index >= 15 is 0 Å². The van der Waals surface area contributed by atoms with Crippen molar-refractivity contribution in [2.45, 2.75) is 38.0 Å². The van der Waals surface area contributed by atoms with E-state index in [0.29, 0.717) is 18.3 Å². The number of aliphatic hydroxyl groups excluding tert-OH is 3. The monoisotopic (exact) mass is 432 g/mol. The van der Waals surface area contributed by atoms with Crippen LogP contribution in [0.25, 0.3) is 11.1 Å². The Morgan fingerprint density at radius 3 is 2.31 bits per heavy atom. The molecule has 0 bridgehead atoms. The van der Waals surface area contributed by atoms with Crippen LogP contribution in [0.5, 0.6) is 5.75 Å². The minimum atomic E-state index is -0.736. The highest BCUT2D eigenvalue weighted by Gasteiger charge is 2.30. The van der Waals surface area contributed by atoms with Crippen LogP contribution in [0.15, 0.2) is 60.9 Å². The summed E-state index contributed by atoms with van der Waals surface area (Å²) in [5.41, 5.74) is 2.96. The molecule has 4 rings (SSSR count). The highest BCUT2D eigenvalue weighted by Crippen LogP contribution is 2.33. The first-order valence-corrected chi connectivity index (χ1v) is 10.9. The second-order valence-electron chi connectivity index (χ2n) is 8.15. The molecular formula is C26H28N2O4. The zero-order valence-electron chi connectivity index (χ0n) is 18.1. The molecule has 0 spiro atoms. The van der Waals surface area contributed by atoms with Gasteiger partial charge in [-0.25, -0.2) is 4.98 Å². The fraction of sp³-hybridized carbons (Fsp3) is 0.346. The maximum absolute atomic E-state index is 9.93. The molecule has 6 heteroatoms. The van der Waals surface area contributed by atoms with Crippen molar-refractivity contribution >= 4 is 0 Å². The van der Waals surface area contributed by atoms with Gasteiger partial charge in [-0.15, -0.1) is 0 Å². The minimum Gasteiger partial charge on any atom is -0.491 e. The topological polar surface area (TPSA) is 87.7 Å². The van der Waals surface area contributed by atoms with Gasteiger partial charge in [-0.3, -0.25) is 0 Å². The fourth-order valence-corrected chi connectivity index (χ4v) is 3.57. The minimum absolute atomic E-state index is 0.173. The van der Waals surface area contributed by atoms with Crippen molar-refractivity contribution in [2.24, 2.45) is 5.92 Å². The van der Waals surface area contributed by atoms with E-state index in [1.807, 2.05) is 48.5 Å². The van der Waals surface area contributed by atoms with E-state index in [2.05, 4.69) is 16.8 Å². The molecule has 0 radical (unpaired) electrons. The second-order valence-corrected chi connectivity index (χ2v) is 8.15. The number of hydrogen-bond acceptors (Lipinski definition) is 5. The molecule has 1 aliphatic carbocycles. The van der Waals surface area contributed by atoms with Gasteiger partial charge in [0.05, 0.1) is 12.7 Å².